The molecule has 0 saturated carbocycles. The summed E-state index contributed by atoms with van der Waals surface area (Å²) in [6, 6.07) is 3.40. The second kappa shape index (κ2) is 6.55. The first-order chi connectivity index (χ1) is 7.63. The van der Waals surface area contributed by atoms with E-state index >= 15 is 0 Å². The standard InChI is InChI=1S/C12H17F2NO/c1-2-5-15-8-11(16)6-9-3-4-10(13)7-12(9)14/h3-4,7,11,15-16H,2,5-6,8H2,1H3. The summed E-state index contributed by atoms with van der Waals surface area (Å²) in [4.78, 5) is 0. The summed E-state index contributed by atoms with van der Waals surface area (Å²) in [7, 11) is 0. The fraction of sp³-hybridized carbons (Fsp3) is 0.500. The van der Waals surface area contributed by atoms with Gasteiger partial charge in [-0.05, 0) is 24.6 Å². The van der Waals surface area contributed by atoms with Crippen LogP contribution in [0, 0.1) is 11.6 Å². The van der Waals surface area contributed by atoms with Crippen molar-refractivity contribution in [2.75, 3.05) is 13.1 Å². The Hall–Kier alpha value is -1.00. The molecule has 1 aromatic rings. The zero-order chi connectivity index (χ0) is 12.0. The summed E-state index contributed by atoms with van der Waals surface area (Å²) >= 11 is 0. The van der Waals surface area contributed by atoms with Crippen LogP contribution in [0.2, 0.25) is 0 Å². The van der Waals surface area contributed by atoms with E-state index in [1.54, 1.807) is 0 Å². The van der Waals surface area contributed by atoms with Crippen molar-refractivity contribution in [3.05, 3.63) is 35.4 Å². The number of aliphatic hydroxyl groups is 1. The number of aliphatic hydroxyl groups excluding tert-OH is 1. The number of halogens is 2. The zero-order valence-corrected chi connectivity index (χ0v) is 9.34. The lowest BCUT2D eigenvalue weighted by Gasteiger charge is -2.12. The summed E-state index contributed by atoms with van der Waals surface area (Å²) in [5, 5.41) is 12.6. The van der Waals surface area contributed by atoms with Crippen LogP contribution < -0.4 is 5.32 Å². The third-order valence-corrected chi connectivity index (χ3v) is 2.28. The van der Waals surface area contributed by atoms with E-state index < -0.39 is 17.7 Å². The molecule has 0 aliphatic rings. The maximum absolute atomic E-state index is 13.2. The van der Waals surface area contributed by atoms with Crippen LogP contribution >= 0.6 is 0 Å². The number of benzene rings is 1. The van der Waals surface area contributed by atoms with Crippen LogP contribution in [0.5, 0.6) is 0 Å². The summed E-state index contributed by atoms with van der Waals surface area (Å²) in [6.45, 7) is 3.27. The van der Waals surface area contributed by atoms with Crippen molar-refractivity contribution in [2.45, 2.75) is 25.9 Å². The number of rotatable bonds is 6. The number of hydrogen-bond donors (Lipinski definition) is 2. The van der Waals surface area contributed by atoms with Gasteiger partial charge in [-0.1, -0.05) is 13.0 Å². The molecule has 0 aliphatic heterocycles. The Balaban J connectivity index is 2.46. The van der Waals surface area contributed by atoms with Gasteiger partial charge in [0.2, 0.25) is 0 Å². The first-order valence-electron chi connectivity index (χ1n) is 5.46. The fourth-order valence-corrected chi connectivity index (χ4v) is 1.46. The van der Waals surface area contributed by atoms with Gasteiger partial charge in [-0.15, -0.1) is 0 Å². The van der Waals surface area contributed by atoms with Crippen LogP contribution in [-0.4, -0.2) is 24.3 Å². The Labute approximate surface area is 94.3 Å². The first kappa shape index (κ1) is 13.1. The van der Waals surface area contributed by atoms with Gasteiger partial charge in [-0.3, -0.25) is 0 Å². The molecule has 4 heteroatoms. The van der Waals surface area contributed by atoms with Crippen LogP contribution in [0.1, 0.15) is 18.9 Å². The van der Waals surface area contributed by atoms with Crippen molar-refractivity contribution in [3.63, 3.8) is 0 Å². The fourth-order valence-electron chi connectivity index (χ4n) is 1.46. The van der Waals surface area contributed by atoms with E-state index in [1.807, 2.05) is 6.92 Å². The average molecular weight is 229 g/mol. The number of hydrogen-bond acceptors (Lipinski definition) is 2. The molecule has 2 N–H and O–H groups in total. The third kappa shape index (κ3) is 4.24. The van der Waals surface area contributed by atoms with Crippen LogP contribution in [0.4, 0.5) is 8.78 Å². The van der Waals surface area contributed by atoms with Crippen molar-refractivity contribution in [1.29, 1.82) is 0 Å². The van der Waals surface area contributed by atoms with Gasteiger partial charge in [0.15, 0.2) is 0 Å². The molecule has 16 heavy (non-hydrogen) atoms. The van der Waals surface area contributed by atoms with Crippen molar-refractivity contribution >= 4 is 0 Å². The molecule has 0 aromatic heterocycles. The van der Waals surface area contributed by atoms with Gasteiger partial charge in [-0.2, -0.15) is 0 Å². The molecule has 0 aliphatic carbocycles. The second-order valence-electron chi connectivity index (χ2n) is 3.80. The minimum atomic E-state index is -0.647. The lowest BCUT2D eigenvalue weighted by molar-refractivity contribution is 0.171. The van der Waals surface area contributed by atoms with Crippen molar-refractivity contribution < 1.29 is 13.9 Å². The quantitative estimate of drug-likeness (QED) is 0.730. The highest BCUT2D eigenvalue weighted by molar-refractivity contribution is 5.19. The van der Waals surface area contributed by atoms with Crippen LogP contribution in [-0.2, 0) is 6.42 Å². The second-order valence-corrected chi connectivity index (χ2v) is 3.80. The minimum Gasteiger partial charge on any atom is -0.391 e. The van der Waals surface area contributed by atoms with Gasteiger partial charge >= 0.3 is 0 Å². The molecule has 0 spiro atoms. The molecule has 0 bridgehead atoms. The van der Waals surface area contributed by atoms with Gasteiger partial charge in [-0.25, -0.2) is 8.78 Å². The molecule has 1 unspecified atom stereocenters. The molecule has 0 heterocycles. The van der Waals surface area contributed by atoms with E-state index in [0.29, 0.717) is 12.1 Å². The predicted octanol–water partition coefficient (Wildman–Crippen LogP) is 1.87. The summed E-state index contributed by atoms with van der Waals surface area (Å²) < 4.78 is 25.8. The Morgan fingerprint density at radius 1 is 1.38 bits per heavy atom. The van der Waals surface area contributed by atoms with E-state index in [4.69, 9.17) is 0 Å². The normalized spacial score (nSPS) is 12.8. The third-order valence-electron chi connectivity index (χ3n) is 2.28. The molecule has 0 saturated heterocycles. The largest absolute Gasteiger partial charge is 0.391 e. The first-order valence-corrected chi connectivity index (χ1v) is 5.46. The molecular formula is C12H17F2NO. The van der Waals surface area contributed by atoms with Gasteiger partial charge in [0, 0.05) is 19.0 Å². The Morgan fingerprint density at radius 2 is 2.12 bits per heavy atom. The predicted molar refractivity (Wildman–Crippen MR) is 59.2 cm³/mol. The summed E-state index contributed by atoms with van der Waals surface area (Å²) in [5.74, 6) is -1.20. The molecule has 0 fully saturated rings. The van der Waals surface area contributed by atoms with Gasteiger partial charge in [0.05, 0.1) is 6.10 Å². The molecule has 1 atom stereocenters. The molecule has 90 valence electrons. The van der Waals surface area contributed by atoms with E-state index in [0.717, 1.165) is 19.0 Å². The molecule has 1 aromatic carbocycles. The van der Waals surface area contributed by atoms with Crippen LogP contribution in [0.3, 0.4) is 0 Å². The maximum Gasteiger partial charge on any atom is 0.129 e. The Bertz CT molecular complexity index is 331. The van der Waals surface area contributed by atoms with E-state index in [-0.39, 0.29) is 6.42 Å². The Kier molecular flexibility index (Phi) is 5.35. The van der Waals surface area contributed by atoms with Gasteiger partial charge in [0.25, 0.3) is 0 Å². The van der Waals surface area contributed by atoms with E-state index in [2.05, 4.69) is 5.32 Å². The highest BCUT2D eigenvalue weighted by atomic mass is 19.1. The zero-order valence-electron chi connectivity index (χ0n) is 9.34. The van der Waals surface area contributed by atoms with E-state index in [9.17, 15) is 13.9 Å². The molecule has 1 rings (SSSR count). The summed E-state index contributed by atoms with van der Waals surface area (Å²) in [5.41, 5.74) is 0.340. The van der Waals surface area contributed by atoms with E-state index in [1.165, 1.54) is 12.1 Å². The smallest absolute Gasteiger partial charge is 0.129 e. The van der Waals surface area contributed by atoms with Gasteiger partial charge in [0.1, 0.15) is 11.6 Å². The topological polar surface area (TPSA) is 32.3 Å². The highest BCUT2D eigenvalue weighted by Gasteiger charge is 2.09. The monoisotopic (exact) mass is 229 g/mol. The SMILES string of the molecule is CCCNCC(O)Cc1ccc(F)cc1F. The van der Waals surface area contributed by atoms with Crippen LogP contribution in [0.15, 0.2) is 18.2 Å². The van der Waals surface area contributed by atoms with Crippen LogP contribution in [0.25, 0.3) is 0 Å². The number of nitrogens with one attached hydrogen (secondary N) is 1. The van der Waals surface area contributed by atoms with Crippen molar-refractivity contribution in [3.8, 4) is 0 Å². The van der Waals surface area contributed by atoms with Crippen molar-refractivity contribution in [1.82, 2.24) is 5.32 Å². The van der Waals surface area contributed by atoms with Crippen molar-refractivity contribution in [2.24, 2.45) is 0 Å². The molecule has 2 nitrogen and oxygen atoms in total. The van der Waals surface area contributed by atoms with Gasteiger partial charge < -0.3 is 10.4 Å². The maximum atomic E-state index is 13.2. The molecule has 0 radical (unpaired) electrons. The summed E-state index contributed by atoms with van der Waals surface area (Å²) in [6.07, 6.45) is 0.534. The molecular weight excluding hydrogens is 212 g/mol. The average Bonchev–Trinajstić information content (AvgIpc) is 2.23. The lowest BCUT2D eigenvalue weighted by atomic mass is 10.1. The molecule has 0 amide bonds. The Morgan fingerprint density at radius 3 is 2.75 bits per heavy atom. The lowest BCUT2D eigenvalue weighted by Crippen LogP contribution is -2.29. The highest BCUT2D eigenvalue weighted by Crippen LogP contribution is 2.11. The minimum absolute atomic E-state index is 0.197.